The summed E-state index contributed by atoms with van der Waals surface area (Å²) in [6.07, 6.45) is 27.8. The van der Waals surface area contributed by atoms with Gasteiger partial charge in [-0.2, -0.15) is 0 Å². The Morgan fingerprint density at radius 3 is 0.984 bits per heavy atom. The average molecular weight is 875 g/mol. The monoisotopic (exact) mass is 875 g/mol. The van der Waals surface area contributed by atoms with E-state index in [0.29, 0.717) is 12.2 Å². The molecular formula is C60H90O4. The van der Waals surface area contributed by atoms with Crippen molar-refractivity contribution in [2.45, 2.75) is 212 Å². The van der Waals surface area contributed by atoms with Crippen molar-refractivity contribution < 1.29 is 19.3 Å². The number of rotatable bonds is 36. The van der Waals surface area contributed by atoms with Gasteiger partial charge in [-0.25, -0.2) is 0 Å². The molecule has 4 rings (SSSR count). The van der Waals surface area contributed by atoms with Crippen LogP contribution in [0.1, 0.15) is 190 Å². The van der Waals surface area contributed by atoms with Crippen LogP contribution in [-0.4, -0.2) is 41.7 Å². The van der Waals surface area contributed by atoms with Crippen LogP contribution in [0.3, 0.4) is 0 Å². The summed E-state index contributed by atoms with van der Waals surface area (Å²) in [5.74, 6) is 0.358. The van der Waals surface area contributed by atoms with Gasteiger partial charge in [-0.1, -0.05) is 174 Å². The molecule has 4 nitrogen and oxygen atoms in total. The molecule has 0 fully saturated rings. The van der Waals surface area contributed by atoms with E-state index in [4.69, 9.17) is 14.2 Å². The van der Waals surface area contributed by atoms with Crippen molar-refractivity contribution in [2.75, 3.05) is 19.8 Å². The molecule has 0 heterocycles. The normalized spacial score (nSPS) is 12.3. The molecule has 0 amide bonds. The molecule has 0 spiro atoms. The molecule has 4 heteroatoms. The molecule has 354 valence electrons. The van der Waals surface area contributed by atoms with Gasteiger partial charge in [0.15, 0.2) is 0 Å². The van der Waals surface area contributed by atoms with Gasteiger partial charge in [0.25, 0.3) is 0 Å². The lowest BCUT2D eigenvalue weighted by Crippen LogP contribution is -2.33. The van der Waals surface area contributed by atoms with E-state index in [1.807, 2.05) is 6.07 Å². The van der Waals surface area contributed by atoms with Crippen LogP contribution in [0.15, 0.2) is 103 Å². The number of hydrogen-bond donors (Lipinski definition) is 1. The van der Waals surface area contributed by atoms with Crippen molar-refractivity contribution >= 4 is 0 Å². The molecule has 0 bridgehead atoms. The van der Waals surface area contributed by atoms with Gasteiger partial charge in [0.2, 0.25) is 0 Å². The van der Waals surface area contributed by atoms with E-state index in [2.05, 4.69) is 139 Å². The number of phenolic OH excluding ortho intramolecular Hbond substituents is 1. The second-order valence-corrected chi connectivity index (χ2v) is 20.6. The van der Waals surface area contributed by atoms with Crippen LogP contribution < -0.4 is 0 Å². The first-order valence-electron chi connectivity index (χ1n) is 25.8. The highest BCUT2D eigenvalue weighted by atomic mass is 16.5. The molecule has 1 N–H and O–H groups in total. The Kier molecular flexibility index (Phi) is 24.9. The molecule has 4 aromatic rings. The van der Waals surface area contributed by atoms with Gasteiger partial charge in [-0.05, 0) is 133 Å². The third kappa shape index (κ3) is 23.1. The van der Waals surface area contributed by atoms with Gasteiger partial charge in [0, 0.05) is 44.6 Å². The van der Waals surface area contributed by atoms with Crippen LogP contribution in [0.25, 0.3) is 0 Å². The van der Waals surface area contributed by atoms with Crippen molar-refractivity contribution in [2.24, 2.45) is 0 Å². The Hall–Kier alpha value is -3.44. The maximum atomic E-state index is 11.6. The number of aryl methyl sites for hydroxylation is 3. The van der Waals surface area contributed by atoms with Gasteiger partial charge in [-0.15, -0.1) is 0 Å². The van der Waals surface area contributed by atoms with Crippen molar-refractivity contribution in [3.05, 3.63) is 137 Å². The predicted molar refractivity (Wildman–Crippen MR) is 273 cm³/mol. The molecule has 64 heavy (non-hydrogen) atoms. The molecule has 0 atom stereocenters. The Morgan fingerprint density at radius 1 is 0.328 bits per heavy atom. The first-order valence-corrected chi connectivity index (χ1v) is 25.8. The number of benzene rings is 4. The van der Waals surface area contributed by atoms with Crippen LogP contribution in [0, 0.1) is 0 Å². The lowest BCUT2D eigenvalue weighted by atomic mass is 9.83. The summed E-state index contributed by atoms with van der Waals surface area (Å²) in [7, 11) is 0. The summed E-state index contributed by atoms with van der Waals surface area (Å²) in [5.41, 5.74) is 6.64. The SMILES string of the molecule is CC(C)(Cc1ccc(O)c(CC(C)(C)OCCCCCCCCc2ccccc2)c1CC(C)(C)OCCCCCCCCc1ccccc1)OCCCCCCCCc1ccccc1. The standard InChI is InChI=1S/C60H90O4/c1-58(2,62-45-31-16-10-7-13-22-34-51-37-25-19-26-38-51)48-54-43-44-57(61)56(50-60(5,6)64-47-33-18-12-9-15-24-36-53-41-29-21-30-42-53)55(54)49-59(3,4)63-46-32-17-11-8-14-23-35-52-39-27-20-28-40-52/h19-21,25-30,37-44,61H,7-18,22-24,31-36,45-50H2,1-6H3. The molecular weight excluding hydrogens is 785 g/mol. The summed E-state index contributed by atoms with van der Waals surface area (Å²) in [4.78, 5) is 0. The minimum Gasteiger partial charge on any atom is -0.508 e. The number of unbranched alkanes of at least 4 members (excludes halogenated alkanes) is 15. The fraction of sp³-hybridized carbons (Fsp3) is 0.600. The van der Waals surface area contributed by atoms with Crippen molar-refractivity contribution in [3.63, 3.8) is 0 Å². The van der Waals surface area contributed by atoms with E-state index in [-0.39, 0.29) is 11.2 Å². The highest BCUT2D eigenvalue weighted by molar-refractivity contribution is 5.46. The van der Waals surface area contributed by atoms with E-state index in [0.717, 1.165) is 57.5 Å². The quantitative estimate of drug-likeness (QED) is 0.0463. The van der Waals surface area contributed by atoms with E-state index >= 15 is 0 Å². The molecule has 0 aliphatic carbocycles. The summed E-state index contributed by atoms with van der Waals surface area (Å²) >= 11 is 0. The molecule has 0 saturated carbocycles. The molecule has 4 aromatic carbocycles. The molecule has 0 radical (unpaired) electrons. The van der Waals surface area contributed by atoms with E-state index in [9.17, 15) is 5.11 Å². The van der Waals surface area contributed by atoms with Crippen molar-refractivity contribution in [1.29, 1.82) is 0 Å². The van der Waals surface area contributed by atoms with Gasteiger partial charge in [0.1, 0.15) is 5.75 Å². The third-order valence-electron chi connectivity index (χ3n) is 12.9. The second kappa shape index (κ2) is 30.0. The zero-order valence-electron chi connectivity index (χ0n) is 41.6. The zero-order valence-corrected chi connectivity index (χ0v) is 41.6. The largest absolute Gasteiger partial charge is 0.508 e. The van der Waals surface area contributed by atoms with Crippen LogP contribution in [0.4, 0.5) is 0 Å². The van der Waals surface area contributed by atoms with Gasteiger partial charge in [-0.3, -0.25) is 0 Å². The fourth-order valence-corrected chi connectivity index (χ4v) is 9.17. The first kappa shape index (κ1) is 53.2. The topological polar surface area (TPSA) is 47.9 Å². The Labute approximate surface area is 392 Å². The van der Waals surface area contributed by atoms with Crippen LogP contribution in [-0.2, 0) is 52.7 Å². The van der Waals surface area contributed by atoms with Gasteiger partial charge < -0.3 is 19.3 Å². The number of ether oxygens (including phenoxy) is 3. The number of aromatic hydroxyl groups is 1. The second-order valence-electron chi connectivity index (χ2n) is 20.6. The minimum absolute atomic E-state index is 0.335. The average Bonchev–Trinajstić information content (AvgIpc) is 3.27. The van der Waals surface area contributed by atoms with Crippen molar-refractivity contribution in [1.82, 2.24) is 0 Å². The van der Waals surface area contributed by atoms with E-state index < -0.39 is 5.60 Å². The van der Waals surface area contributed by atoms with E-state index in [1.54, 1.807) is 0 Å². The first-order chi connectivity index (χ1) is 30.9. The predicted octanol–water partition coefficient (Wildman–Crippen LogP) is 16.2. The molecule has 0 saturated heterocycles. The molecule has 0 aliphatic heterocycles. The van der Waals surface area contributed by atoms with Crippen LogP contribution >= 0.6 is 0 Å². The minimum atomic E-state index is -0.416. The summed E-state index contributed by atoms with van der Waals surface area (Å²) < 4.78 is 19.9. The molecule has 0 unspecified atom stereocenters. The summed E-state index contributed by atoms with van der Waals surface area (Å²) in [6.45, 7) is 15.5. The lowest BCUT2D eigenvalue weighted by molar-refractivity contribution is -0.0253. The summed E-state index contributed by atoms with van der Waals surface area (Å²) in [6, 6.07) is 36.6. The van der Waals surface area contributed by atoms with Crippen LogP contribution in [0.5, 0.6) is 5.75 Å². The van der Waals surface area contributed by atoms with E-state index in [1.165, 1.54) is 143 Å². The maximum absolute atomic E-state index is 11.6. The molecule has 0 aliphatic rings. The number of hydrogen-bond acceptors (Lipinski definition) is 4. The zero-order chi connectivity index (χ0) is 45.8. The van der Waals surface area contributed by atoms with Crippen LogP contribution in [0.2, 0.25) is 0 Å². The smallest absolute Gasteiger partial charge is 0.119 e. The number of phenols is 1. The Bertz CT molecular complexity index is 1760. The van der Waals surface area contributed by atoms with Crippen molar-refractivity contribution in [3.8, 4) is 5.75 Å². The lowest BCUT2D eigenvalue weighted by Gasteiger charge is -2.33. The third-order valence-corrected chi connectivity index (χ3v) is 12.9. The Morgan fingerprint density at radius 2 is 0.625 bits per heavy atom. The maximum Gasteiger partial charge on any atom is 0.119 e. The highest BCUT2D eigenvalue weighted by Gasteiger charge is 2.30. The molecule has 0 aromatic heterocycles. The highest BCUT2D eigenvalue weighted by Crippen LogP contribution is 2.35. The fourth-order valence-electron chi connectivity index (χ4n) is 9.17. The Balaban J connectivity index is 1.26. The van der Waals surface area contributed by atoms with Gasteiger partial charge >= 0.3 is 0 Å². The summed E-state index contributed by atoms with van der Waals surface area (Å²) in [5, 5.41) is 11.6. The van der Waals surface area contributed by atoms with Gasteiger partial charge in [0.05, 0.1) is 16.8 Å².